The van der Waals surface area contributed by atoms with Gasteiger partial charge in [-0.1, -0.05) is 6.07 Å². The van der Waals surface area contributed by atoms with E-state index in [1.165, 1.54) is 12.1 Å². The van der Waals surface area contributed by atoms with Crippen LogP contribution in [0, 0.1) is 5.82 Å². The minimum absolute atomic E-state index is 0.0635. The van der Waals surface area contributed by atoms with Gasteiger partial charge in [-0.25, -0.2) is 4.39 Å². The molecule has 0 saturated carbocycles. The van der Waals surface area contributed by atoms with Crippen molar-refractivity contribution in [1.29, 1.82) is 0 Å². The molecule has 5 heteroatoms. The zero-order valence-electron chi connectivity index (χ0n) is 11.9. The summed E-state index contributed by atoms with van der Waals surface area (Å²) in [6.45, 7) is 5.23. The maximum Gasteiger partial charge on any atom is 0.239 e. The first-order valence-electron chi connectivity index (χ1n) is 7.02. The van der Waals surface area contributed by atoms with Crippen LogP contribution < -0.4 is 5.32 Å². The molecule has 1 saturated heterocycles. The predicted molar refractivity (Wildman–Crippen MR) is 74.9 cm³/mol. The topological polar surface area (TPSA) is 52.6 Å². The molecule has 1 fully saturated rings. The van der Waals surface area contributed by atoms with Crippen molar-refractivity contribution in [2.75, 3.05) is 13.1 Å². The molecule has 1 amide bonds. The van der Waals surface area contributed by atoms with Crippen LogP contribution in [-0.2, 0) is 4.79 Å². The Labute approximate surface area is 118 Å². The summed E-state index contributed by atoms with van der Waals surface area (Å²) >= 11 is 0. The number of nitrogens with one attached hydrogen (secondary N) is 1. The fourth-order valence-electron chi connectivity index (χ4n) is 2.61. The summed E-state index contributed by atoms with van der Waals surface area (Å²) < 4.78 is 13.8. The second-order valence-electron chi connectivity index (χ2n) is 5.35. The Balaban J connectivity index is 1.99. The number of carbonyl (C=O) groups excluding carboxylic acids is 1. The quantitative estimate of drug-likeness (QED) is 0.889. The van der Waals surface area contributed by atoms with Gasteiger partial charge in [0.1, 0.15) is 11.6 Å². The Bertz CT molecular complexity index is 487. The molecule has 4 nitrogen and oxygen atoms in total. The summed E-state index contributed by atoms with van der Waals surface area (Å²) in [6.07, 6.45) is 2.11. The van der Waals surface area contributed by atoms with Crippen molar-refractivity contribution in [2.24, 2.45) is 0 Å². The molecule has 0 spiro atoms. The lowest BCUT2D eigenvalue weighted by molar-refractivity contribution is -0.132. The van der Waals surface area contributed by atoms with Crippen LogP contribution in [0.5, 0.6) is 5.75 Å². The van der Waals surface area contributed by atoms with E-state index in [1.54, 1.807) is 6.92 Å². The largest absolute Gasteiger partial charge is 0.508 e. The Morgan fingerprint density at radius 3 is 2.60 bits per heavy atom. The summed E-state index contributed by atoms with van der Waals surface area (Å²) in [5, 5.41) is 12.3. The molecule has 1 aromatic carbocycles. The Hall–Kier alpha value is -1.62. The fraction of sp³-hybridized carbons (Fsp3) is 0.533. The third kappa shape index (κ3) is 3.28. The lowest BCUT2D eigenvalue weighted by Crippen LogP contribution is -2.44. The van der Waals surface area contributed by atoms with Crippen LogP contribution in [0.4, 0.5) is 4.39 Å². The van der Waals surface area contributed by atoms with Crippen molar-refractivity contribution in [2.45, 2.75) is 38.8 Å². The van der Waals surface area contributed by atoms with Crippen LogP contribution in [0.15, 0.2) is 18.2 Å². The van der Waals surface area contributed by atoms with Crippen molar-refractivity contribution < 1.29 is 14.3 Å². The average molecular weight is 280 g/mol. The first-order valence-corrected chi connectivity index (χ1v) is 7.02. The van der Waals surface area contributed by atoms with E-state index in [0.717, 1.165) is 32.0 Å². The zero-order chi connectivity index (χ0) is 14.7. The van der Waals surface area contributed by atoms with E-state index < -0.39 is 5.82 Å². The molecule has 1 heterocycles. The molecule has 2 unspecified atom stereocenters. The predicted octanol–water partition coefficient (Wildman–Crippen LogP) is 2.19. The number of nitrogens with zero attached hydrogens (tertiary/aromatic N) is 1. The highest BCUT2D eigenvalue weighted by atomic mass is 19.1. The van der Waals surface area contributed by atoms with Gasteiger partial charge in [-0.15, -0.1) is 0 Å². The summed E-state index contributed by atoms with van der Waals surface area (Å²) in [5.41, 5.74) is 0.448. The van der Waals surface area contributed by atoms with E-state index in [-0.39, 0.29) is 23.7 Å². The Morgan fingerprint density at radius 1 is 1.35 bits per heavy atom. The van der Waals surface area contributed by atoms with Crippen molar-refractivity contribution >= 4 is 5.91 Å². The number of amides is 1. The maximum atomic E-state index is 13.8. The number of aromatic hydroxyl groups is 1. The third-order valence-electron chi connectivity index (χ3n) is 3.74. The normalized spacial score (nSPS) is 18.1. The maximum absolute atomic E-state index is 13.8. The van der Waals surface area contributed by atoms with Gasteiger partial charge in [0.25, 0.3) is 0 Å². The molecular formula is C15H21FN2O2. The summed E-state index contributed by atoms with van der Waals surface area (Å²) in [6, 6.07) is 3.42. The lowest BCUT2D eigenvalue weighted by Gasteiger charge is -2.24. The van der Waals surface area contributed by atoms with E-state index in [0.29, 0.717) is 5.56 Å². The van der Waals surface area contributed by atoms with Crippen LogP contribution in [0.2, 0.25) is 0 Å². The molecule has 110 valence electrons. The molecule has 20 heavy (non-hydrogen) atoms. The third-order valence-corrected chi connectivity index (χ3v) is 3.74. The molecule has 1 aromatic rings. The fourth-order valence-corrected chi connectivity index (χ4v) is 2.61. The second kappa shape index (κ2) is 6.22. The Morgan fingerprint density at radius 2 is 2.00 bits per heavy atom. The lowest BCUT2D eigenvalue weighted by atomic mass is 10.1. The number of phenols is 1. The van der Waals surface area contributed by atoms with E-state index in [1.807, 2.05) is 11.8 Å². The first-order chi connectivity index (χ1) is 9.49. The van der Waals surface area contributed by atoms with Crippen molar-refractivity contribution in [3.63, 3.8) is 0 Å². The van der Waals surface area contributed by atoms with Gasteiger partial charge in [-0.2, -0.15) is 0 Å². The molecule has 0 radical (unpaired) electrons. The van der Waals surface area contributed by atoms with Crippen LogP contribution >= 0.6 is 0 Å². The van der Waals surface area contributed by atoms with Gasteiger partial charge in [-0.3, -0.25) is 10.1 Å². The summed E-state index contributed by atoms with van der Waals surface area (Å²) in [4.78, 5) is 14.0. The molecule has 0 aromatic heterocycles. The van der Waals surface area contributed by atoms with Crippen LogP contribution in [-0.4, -0.2) is 35.0 Å². The number of benzene rings is 1. The van der Waals surface area contributed by atoms with Gasteiger partial charge in [0.2, 0.25) is 5.91 Å². The molecule has 1 aliphatic heterocycles. The van der Waals surface area contributed by atoms with E-state index in [9.17, 15) is 14.3 Å². The van der Waals surface area contributed by atoms with Crippen molar-refractivity contribution in [1.82, 2.24) is 10.2 Å². The first kappa shape index (κ1) is 14.8. The monoisotopic (exact) mass is 280 g/mol. The van der Waals surface area contributed by atoms with Gasteiger partial charge in [0.15, 0.2) is 0 Å². The molecule has 0 aliphatic carbocycles. The number of likely N-dealkylation sites (tertiary alicyclic amines) is 1. The number of hydrogen-bond donors (Lipinski definition) is 2. The molecule has 2 N–H and O–H groups in total. The summed E-state index contributed by atoms with van der Waals surface area (Å²) in [5.74, 6) is -0.501. The molecule has 0 bridgehead atoms. The van der Waals surface area contributed by atoms with Gasteiger partial charge < -0.3 is 10.0 Å². The minimum Gasteiger partial charge on any atom is -0.508 e. The molecule has 2 rings (SSSR count). The van der Waals surface area contributed by atoms with Crippen molar-refractivity contribution in [3.8, 4) is 5.75 Å². The van der Waals surface area contributed by atoms with Crippen molar-refractivity contribution in [3.05, 3.63) is 29.6 Å². The molecule has 2 atom stereocenters. The number of phenolic OH excluding ortho intramolecular Hbond substituents is 1. The standard InChI is InChI=1S/C15H21FN2O2/c1-10(13-6-5-12(19)9-14(13)16)17-11(2)15(20)18-7-3-4-8-18/h5-6,9-11,17,19H,3-4,7-8H2,1-2H3. The smallest absolute Gasteiger partial charge is 0.239 e. The summed E-state index contributed by atoms with van der Waals surface area (Å²) in [7, 11) is 0. The second-order valence-corrected chi connectivity index (χ2v) is 5.35. The SMILES string of the molecule is CC(NC(C)c1ccc(O)cc1F)C(=O)N1CCCC1. The average Bonchev–Trinajstić information content (AvgIpc) is 2.91. The highest BCUT2D eigenvalue weighted by Gasteiger charge is 2.24. The van der Waals surface area contributed by atoms with Gasteiger partial charge >= 0.3 is 0 Å². The van der Waals surface area contributed by atoms with E-state index in [4.69, 9.17) is 0 Å². The van der Waals surface area contributed by atoms with Gasteiger partial charge in [0.05, 0.1) is 6.04 Å². The number of hydrogen-bond acceptors (Lipinski definition) is 3. The molecule has 1 aliphatic rings. The van der Waals surface area contributed by atoms with Gasteiger partial charge in [-0.05, 0) is 32.8 Å². The molecular weight excluding hydrogens is 259 g/mol. The van der Waals surface area contributed by atoms with Crippen LogP contribution in [0.1, 0.15) is 38.3 Å². The van der Waals surface area contributed by atoms with Gasteiger partial charge in [0, 0.05) is 30.8 Å². The number of rotatable bonds is 4. The van der Waals surface area contributed by atoms with Crippen LogP contribution in [0.25, 0.3) is 0 Å². The number of carbonyl (C=O) groups is 1. The highest BCUT2D eigenvalue weighted by molar-refractivity contribution is 5.81. The minimum atomic E-state index is -0.467. The van der Waals surface area contributed by atoms with Crippen LogP contribution in [0.3, 0.4) is 0 Å². The Kier molecular flexibility index (Phi) is 4.60. The zero-order valence-corrected chi connectivity index (χ0v) is 11.9. The highest BCUT2D eigenvalue weighted by Crippen LogP contribution is 2.21. The van der Waals surface area contributed by atoms with E-state index >= 15 is 0 Å². The number of halogens is 1. The van der Waals surface area contributed by atoms with E-state index in [2.05, 4.69) is 5.32 Å².